The molecule has 0 unspecified atom stereocenters. The van der Waals surface area contributed by atoms with Gasteiger partial charge in [-0.3, -0.25) is 4.79 Å². The molecule has 0 aliphatic rings. The second kappa shape index (κ2) is 5.92. The Morgan fingerprint density at radius 3 is 2.50 bits per heavy atom. The van der Waals surface area contributed by atoms with Crippen LogP contribution in [-0.4, -0.2) is 16.5 Å². The maximum Gasteiger partial charge on any atom is 0.454 e. The number of rotatable bonds is 5. The third-order valence-corrected chi connectivity index (χ3v) is 2.62. The smallest absolute Gasteiger partial charge is 0.356 e. The van der Waals surface area contributed by atoms with Crippen LogP contribution in [0.15, 0.2) is 48.8 Å². The van der Waals surface area contributed by atoms with Gasteiger partial charge in [-0.05, 0) is 11.6 Å². The Kier molecular flexibility index (Phi) is 4.24. The first-order chi connectivity index (χ1) is 9.47. The number of carbonyl (C=O) groups excluding carboxylic acids is 1. The van der Waals surface area contributed by atoms with E-state index in [9.17, 15) is 18.0 Å². The molecule has 20 heavy (non-hydrogen) atoms. The summed E-state index contributed by atoms with van der Waals surface area (Å²) in [7, 11) is 0. The minimum absolute atomic E-state index is 0.0834. The fraction of sp³-hybridized carbons (Fsp3) is 0.214. The fourth-order valence-corrected chi connectivity index (χ4v) is 1.66. The largest absolute Gasteiger partial charge is 0.454 e. The van der Waals surface area contributed by atoms with Gasteiger partial charge in [-0.2, -0.15) is 13.2 Å². The molecule has 0 saturated heterocycles. The van der Waals surface area contributed by atoms with Crippen molar-refractivity contribution < 1.29 is 22.7 Å². The van der Waals surface area contributed by atoms with Gasteiger partial charge in [-0.1, -0.05) is 30.3 Å². The molecule has 0 aliphatic heterocycles. The number of aromatic nitrogens is 1. The normalized spacial score (nSPS) is 11.6. The first-order valence-electron chi connectivity index (χ1n) is 5.86. The van der Waals surface area contributed by atoms with Crippen molar-refractivity contribution in [3.63, 3.8) is 0 Å². The monoisotopic (exact) mass is 283 g/mol. The van der Waals surface area contributed by atoms with Crippen LogP contribution in [0, 0.1) is 0 Å². The number of hydrogen-bond donors (Lipinski definition) is 0. The van der Waals surface area contributed by atoms with Crippen molar-refractivity contribution in [3.05, 3.63) is 59.9 Å². The van der Waals surface area contributed by atoms with Gasteiger partial charge in [0, 0.05) is 18.0 Å². The van der Waals surface area contributed by atoms with Gasteiger partial charge in [-0.15, -0.1) is 0 Å². The van der Waals surface area contributed by atoms with E-state index >= 15 is 0 Å². The summed E-state index contributed by atoms with van der Waals surface area (Å²) in [5, 5.41) is 0. The minimum Gasteiger partial charge on any atom is -0.356 e. The van der Waals surface area contributed by atoms with Crippen LogP contribution in [0.1, 0.15) is 15.9 Å². The predicted molar refractivity (Wildman–Crippen MR) is 66.0 cm³/mol. The Hall–Kier alpha value is -2.08. The average Bonchev–Trinajstić information content (AvgIpc) is 2.87. The summed E-state index contributed by atoms with van der Waals surface area (Å²) in [6, 6.07) is 10.5. The van der Waals surface area contributed by atoms with Crippen LogP contribution in [-0.2, 0) is 18.1 Å². The van der Waals surface area contributed by atoms with Gasteiger partial charge in [0.2, 0.25) is 0 Å². The highest BCUT2D eigenvalue weighted by Crippen LogP contribution is 2.21. The molecule has 0 fully saturated rings. The van der Waals surface area contributed by atoms with Crippen LogP contribution in [0.3, 0.4) is 0 Å². The highest BCUT2D eigenvalue weighted by Gasteiger charge is 2.39. The molecule has 0 aliphatic carbocycles. The lowest BCUT2D eigenvalue weighted by molar-refractivity contribution is -0.0885. The van der Waals surface area contributed by atoms with Gasteiger partial charge in [0.05, 0.1) is 6.61 Å². The SMILES string of the molecule is O=C(c1ccn(COCc2ccccc2)c1)C(F)(F)F. The van der Waals surface area contributed by atoms with E-state index in [2.05, 4.69) is 0 Å². The van der Waals surface area contributed by atoms with Crippen LogP contribution >= 0.6 is 0 Å². The summed E-state index contributed by atoms with van der Waals surface area (Å²) in [6.07, 6.45) is -2.35. The van der Waals surface area contributed by atoms with Crippen molar-refractivity contribution in [2.45, 2.75) is 19.5 Å². The number of Topliss-reactive ketones (excluding diaryl/α,β-unsaturated/α-hetero) is 1. The first-order valence-corrected chi connectivity index (χ1v) is 5.86. The lowest BCUT2D eigenvalue weighted by Crippen LogP contribution is -2.22. The maximum absolute atomic E-state index is 12.2. The van der Waals surface area contributed by atoms with Gasteiger partial charge in [0.25, 0.3) is 5.78 Å². The summed E-state index contributed by atoms with van der Waals surface area (Å²) < 4.78 is 43.4. The molecule has 0 N–H and O–H groups in total. The molecule has 106 valence electrons. The van der Waals surface area contributed by atoms with Crippen LogP contribution in [0.4, 0.5) is 13.2 Å². The number of benzene rings is 1. The number of halogens is 3. The molecule has 0 radical (unpaired) electrons. The second-order valence-corrected chi connectivity index (χ2v) is 4.20. The lowest BCUT2D eigenvalue weighted by Gasteiger charge is -2.05. The number of alkyl halides is 3. The van der Waals surface area contributed by atoms with Gasteiger partial charge in [0.1, 0.15) is 6.73 Å². The summed E-state index contributed by atoms with van der Waals surface area (Å²) in [4.78, 5) is 11.0. The Labute approximate surface area is 113 Å². The van der Waals surface area contributed by atoms with E-state index in [4.69, 9.17) is 4.74 Å². The van der Waals surface area contributed by atoms with E-state index in [1.807, 2.05) is 30.3 Å². The Bertz CT molecular complexity index is 576. The van der Waals surface area contributed by atoms with Crippen LogP contribution in [0.25, 0.3) is 0 Å². The molecule has 0 bridgehead atoms. The summed E-state index contributed by atoms with van der Waals surface area (Å²) in [5.74, 6) is -1.85. The molecule has 6 heteroatoms. The predicted octanol–water partition coefficient (Wildman–Crippen LogP) is 3.41. The van der Waals surface area contributed by atoms with Crippen LogP contribution in [0.5, 0.6) is 0 Å². The number of ether oxygens (including phenoxy) is 1. The summed E-state index contributed by atoms with van der Waals surface area (Å²) in [5.41, 5.74) is 0.576. The molecule has 0 saturated carbocycles. The fourth-order valence-electron chi connectivity index (χ4n) is 1.66. The molecule has 0 spiro atoms. The van der Waals surface area contributed by atoms with E-state index in [1.165, 1.54) is 10.8 Å². The van der Waals surface area contributed by atoms with E-state index in [1.54, 1.807) is 0 Å². The van der Waals surface area contributed by atoms with Gasteiger partial charge < -0.3 is 9.30 Å². The van der Waals surface area contributed by atoms with Crippen LogP contribution < -0.4 is 0 Å². The molecule has 2 rings (SSSR count). The highest BCUT2D eigenvalue weighted by atomic mass is 19.4. The third-order valence-electron chi connectivity index (χ3n) is 2.62. The number of hydrogen-bond acceptors (Lipinski definition) is 2. The Morgan fingerprint density at radius 1 is 1.15 bits per heavy atom. The van der Waals surface area contributed by atoms with Gasteiger partial charge >= 0.3 is 6.18 Å². The third kappa shape index (κ3) is 3.71. The Balaban J connectivity index is 1.89. The molecule has 3 nitrogen and oxygen atoms in total. The molecule has 2 aromatic rings. The lowest BCUT2D eigenvalue weighted by atomic mass is 10.2. The molecule has 0 amide bonds. The van der Waals surface area contributed by atoms with Crippen molar-refractivity contribution in [1.29, 1.82) is 0 Å². The van der Waals surface area contributed by atoms with E-state index in [0.717, 1.165) is 17.8 Å². The number of carbonyl (C=O) groups is 1. The first kappa shape index (κ1) is 14.3. The molecule has 1 aromatic heterocycles. The zero-order valence-electron chi connectivity index (χ0n) is 10.4. The molecule has 1 heterocycles. The number of nitrogens with zero attached hydrogens (tertiary/aromatic N) is 1. The minimum atomic E-state index is -4.85. The van der Waals surface area contributed by atoms with Crippen molar-refractivity contribution in [2.75, 3.05) is 0 Å². The van der Waals surface area contributed by atoms with E-state index in [-0.39, 0.29) is 12.3 Å². The van der Waals surface area contributed by atoms with E-state index in [0.29, 0.717) is 6.61 Å². The highest BCUT2D eigenvalue weighted by molar-refractivity contribution is 6.00. The quantitative estimate of drug-likeness (QED) is 0.787. The van der Waals surface area contributed by atoms with Crippen molar-refractivity contribution in [3.8, 4) is 0 Å². The maximum atomic E-state index is 12.2. The summed E-state index contributed by atoms with van der Waals surface area (Å²) in [6.45, 7) is 0.432. The Morgan fingerprint density at radius 2 is 1.85 bits per heavy atom. The number of ketones is 1. The molecular weight excluding hydrogens is 271 g/mol. The van der Waals surface area contributed by atoms with Gasteiger partial charge in [-0.25, -0.2) is 0 Å². The standard InChI is InChI=1S/C14H12F3NO2/c15-14(16,17)13(19)12-6-7-18(8-12)10-20-9-11-4-2-1-3-5-11/h1-8H,9-10H2. The summed E-state index contributed by atoms with van der Waals surface area (Å²) >= 11 is 0. The van der Waals surface area contributed by atoms with Crippen molar-refractivity contribution in [2.24, 2.45) is 0 Å². The van der Waals surface area contributed by atoms with E-state index < -0.39 is 12.0 Å². The molecule has 0 atom stereocenters. The second-order valence-electron chi connectivity index (χ2n) is 4.20. The zero-order valence-corrected chi connectivity index (χ0v) is 10.4. The molecule has 1 aromatic carbocycles. The van der Waals surface area contributed by atoms with Crippen molar-refractivity contribution in [1.82, 2.24) is 4.57 Å². The van der Waals surface area contributed by atoms with Crippen molar-refractivity contribution >= 4 is 5.78 Å². The topological polar surface area (TPSA) is 31.2 Å². The van der Waals surface area contributed by atoms with Crippen LogP contribution in [0.2, 0.25) is 0 Å². The van der Waals surface area contributed by atoms with Gasteiger partial charge in [0.15, 0.2) is 0 Å². The average molecular weight is 283 g/mol. The zero-order chi connectivity index (χ0) is 14.6. The molecular formula is C14H12F3NO2.